The average Bonchev–Trinajstić information content (AvgIpc) is 4.03. The highest BCUT2D eigenvalue weighted by Gasteiger charge is 2.40. The third-order valence-corrected chi connectivity index (χ3v) is 12.1. The number of aromatic amines is 2. The second kappa shape index (κ2) is 19.2. The first-order valence-electron chi connectivity index (χ1n) is 22.0. The Morgan fingerprint density at radius 1 is 0.683 bits per heavy atom. The Kier molecular flexibility index (Phi) is 12.7. The van der Waals surface area contributed by atoms with Gasteiger partial charge in [-0.05, 0) is 98.0 Å². The molecule has 4 amide bonds. The van der Waals surface area contributed by atoms with E-state index in [1.165, 1.54) is 0 Å². The number of nitrogens with one attached hydrogen (secondary N) is 4. The minimum atomic E-state index is -0.764. The van der Waals surface area contributed by atoms with E-state index in [1.54, 1.807) is 12.4 Å². The number of amides is 4. The van der Waals surface area contributed by atoms with E-state index in [0.717, 1.165) is 62.5 Å². The SMILES string of the molecule is O=C(CC1CC1)N[C@H](C(=O)N1CCC[C@H]1c1ncc(C#CC2OCC(C#CC#Cc3cnc([C@@H]4CCCN4C(=O)[C@@H](NC(=O)C4CC4)c4ccccc4)[nH]3)CO2)[nH]1)c1ccccc1. The normalized spacial score (nSPS) is 22.6. The number of rotatable bonds is 11. The minimum absolute atomic E-state index is 0.0130. The summed E-state index contributed by atoms with van der Waals surface area (Å²) in [5.41, 5.74) is 2.68. The Hall–Kier alpha value is -6.66. The summed E-state index contributed by atoms with van der Waals surface area (Å²) in [6.45, 7) is 1.79. The summed E-state index contributed by atoms with van der Waals surface area (Å²) in [5, 5.41) is 6.03. The van der Waals surface area contributed by atoms with Crippen LogP contribution in [0.15, 0.2) is 73.1 Å². The van der Waals surface area contributed by atoms with Crippen molar-refractivity contribution >= 4 is 23.6 Å². The predicted octanol–water partition coefficient (Wildman–Crippen LogP) is 4.78. The molecule has 0 radical (unpaired) electrons. The summed E-state index contributed by atoms with van der Waals surface area (Å²) in [6, 6.07) is 16.8. The van der Waals surface area contributed by atoms with E-state index >= 15 is 0 Å². The fraction of sp³-hybridized carbons (Fsp3) is 0.429. The van der Waals surface area contributed by atoms with Gasteiger partial charge in [-0.1, -0.05) is 66.6 Å². The van der Waals surface area contributed by atoms with Gasteiger partial charge in [0.25, 0.3) is 0 Å². The molecule has 63 heavy (non-hydrogen) atoms. The summed E-state index contributed by atoms with van der Waals surface area (Å²) in [4.78, 5) is 72.9. The third kappa shape index (κ3) is 10.3. The number of carbonyl (C=O) groups is 4. The number of carbonyl (C=O) groups excluding carboxylic acids is 4. The van der Waals surface area contributed by atoms with Gasteiger partial charge in [-0.3, -0.25) is 19.2 Å². The topological polar surface area (TPSA) is 175 Å². The summed E-state index contributed by atoms with van der Waals surface area (Å²) in [7, 11) is 0. The van der Waals surface area contributed by atoms with Crippen LogP contribution < -0.4 is 10.6 Å². The van der Waals surface area contributed by atoms with E-state index < -0.39 is 18.4 Å². The van der Waals surface area contributed by atoms with Crippen LogP contribution in [0.4, 0.5) is 0 Å². The van der Waals surface area contributed by atoms with E-state index in [2.05, 4.69) is 66.1 Å². The smallest absolute Gasteiger partial charge is 0.250 e. The molecule has 3 saturated heterocycles. The van der Waals surface area contributed by atoms with Crippen molar-refractivity contribution < 1.29 is 28.7 Å². The third-order valence-electron chi connectivity index (χ3n) is 12.1. The zero-order chi connectivity index (χ0) is 43.1. The molecule has 5 fully saturated rings. The van der Waals surface area contributed by atoms with Crippen LogP contribution in [0.2, 0.25) is 0 Å². The van der Waals surface area contributed by atoms with Gasteiger partial charge in [0.15, 0.2) is 0 Å². The number of hydrogen-bond acceptors (Lipinski definition) is 8. The molecule has 4 N–H and O–H groups in total. The molecule has 14 heteroatoms. The molecule has 5 aliphatic rings. The number of imidazole rings is 2. The van der Waals surface area contributed by atoms with Gasteiger partial charge in [0.05, 0.1) is 43.6 Å². The fourth-order valence-electron chi connectivity index (χ4n) is 8.42. The second-order valence-corrected chi connectivity index (χ2v) is 16.9. The molecule has 2 aliphatic carbocycles. The van der Waals surface area contributed by atoms with Gasteiger partial charge < -0.3 is 39.9 Å². The van der Waals surface area contributed by atoms with E-state index in [0.29, 0.717) is 61.7 Å². The molecule has 4 atom stereocenters. The van der Waals surface area contributed by atoms with Crippen molar-refractivity contribution in [3.63, 3.8) is 0 Å². The quantitative estimate of drug-likeness (QED) is 0.156. The summed E-state index contributed by atoms with van der Waals surface area (Å²) < 4.78 is 11.7. The maximum absolute atomic E-state index is 14.0. The molecule has 14 nitrogen and oxygen atoms in total. The molecule has 0 unspecified atom stereocenters. The number of benzene rings is 2. The molecule has 9 rings (SSSR count). The molecule has 2 saturated carbocycles. The highest BCUT2D eigenvalue weighted by Crippen LogP contribution is 2.36. The van der Waals surface area contributed by atoms with Crippen molar-refractivity contribution in [2.75, 3.05) is 26.3 Å². The van der Waals surface area contributed by atoms with E-state index in [1.807, 2.05) is 70.5 Å². The predicted molar refractivity (Wildman–Crippen MR) is 230 cm³/mol. The van der Waals surface area contributed by atoms with Crippen LogP contribution in [0.25, 0.3) is 0 Å². The Labute approximate surface area is 366 Å². The maximum Gasteiger partial charge on any atom is 0.250 e. The van der Waals surface area contributed by atoms with Crippen molar-refractivity contribution in [3.05, 3.63) is 107 Å². The van der Waals surface area contributed by atoms with E-state index in [4.69, 9.17) is 9.47 Å². The lowest BCUT2D eigenvalue weighted by atomic mass is 10.0. The maximum atomic E-state index is 14.0. The number of H-pyrrole nitrogens is 2. The van der Waals surface area contributed by atoms with Crippen LogP contribution in [0.5, 0.6) is 0 Å². The molecule has 2 aromatic heterocycles. The van der Waals surface area contributed by atoms with Crippen LogP contribution >= 0.6 is 0 Å². The van der Waals surface area contributed by atoms with Crippen LogP contribution in [0.1, 0.15) is 116 Å². The van der Waals surface area contributed by atoms with Crippen LogP contribution in [-0.4, -0.2) is 86.0 Å². The first kappa shape index (κ1) is 41.7. The number of aromatic nitrogens is 4. The fourth-order valence-corrected chi connectivity index (χ4v) is 8.42. The Morgan fingerprint density at radius 2 is 1.24 bits per heavy atom. The highest BCUT2D eigenvalue weighted by molar-refractivity contribution is 5.91. The number of ether oxygens (including phenoxy) is 2. The van der Waals surface area contributed by atoms with E-state index in [9.17, 15) is 19.2 Å². The monoisotopic (exact) mass is 846 g/mol. The van der Waals surface area contributed by atoms with Crippen LogP contribution in [-0.2, 0) is 28.7 Å². The lowest BCUT2D eigenvalue weighted by molar-refractivity contribution is -0.158. The molecule has 5 heterocycles. The number of hydrogen-bond donors (Lipinski definition) is 4. The molecule has 3 aliphatic heterocycles. The largest absolute Gasteiger partial charge is 0.341 e. The van der Waals surface area contributed by atoms with Gasteiger partial charge in [-0.2, -0.15) is 0 Å². The van der Waals surface area contributed by atoms with Crippen molar-refractivity contribution in [3.8, 4) is 35.5 Å². The van der Waals surface area contributed by atoms with Gasteiger partial charge in [0.2, 0.25) is 29.9 Å². The summed E-state index contributed by atoms with van der Waals surface area (Å²) in [5.74, 6) is 19.0. The highest BCUT2D eigenvalue weighted by atomic mass is 16.7. The van der Waals surface area contributed by atoms with Crippen molar-refractivity contribution in [2.24, 2.45) is 17.8 Å². The molecule has 2 aromatic carbocycles. The Balaban J connectivity index is 0.764. The first-order valence-corrected chi connectivity index (χ1v) is 22.0. The molecule has 322 valence electrons. The second-order valence-electron chi connectivity index (χ2n) is 16.9. The van der Waals surface area contributed by atoms with Crippen molar-refractivity contribution in [2.45, 2.75) is 88.2 Å². The first-order chi connectivity index (χ1) is 30.9. The van der Waals surface area contributed by atoms with E-state index in [-0.39, 0.29) is 47.5 Å². The summed E-state index contributed by atoms with van der Waals surface area (Å²) >= 11 is 0. The lowest BCUT2D eigenvalue weighted by Gasteiger charge is -2.28. The number of likely N-dealkylation sites (tertiary alicyclic amines) is 2. The average molecular weight is 847 g/mol. The Bertz CT molecular complexity index is 2490. The van der Waals surface area contributed by atoms with Crippen molar-refractivity contribution in [1.29, 1.82) is 0 Å². The molecule has 4 aromatic rings. The van der Waals surface area contributed by atoms with Crippen LogP contribution in [0.3, 0.4) is 0 Å². The summed E-state index contributed by atoms with van der Waals surface area (Å²) in [6.07, 6.45) is 9.99. The zero-order valence-electron chi connectivity index (χ0n) is 35.0. The van der Waals surface area contributed by atoms with Gasteiger partial charge in [0, 0.05) is 25.4 Å². The molecule has 0 spiro atoms. The molecule has 0 bridgehead atoms. The molecular weight excluding hydrogens is 797 g/mol. The van der Waals surface area contributed by atoms with Gasteiger partial charge in [-0.25, -0.2) is 9.97 Å². The van der Waals surface area contributed by atoms with Crippen molar-refractivity contribution in [1.82, 2.24) is 40.4 Å². The lowest BCUT2D eigenvalue weighted by Crippen LogP contribution is -2.43. The zero-order valence-corrected chi connectivity index (χ0v) is 35.0. The van der Waals surface area contributed by atoms with Gasteiger partial charge in [0.1, 0.15) is 35.1 Å². The van der Waals surface area contributed by atoms with Gasteiger partial charge in [-0.15, -0.1) is 0 Å². The van der Waals surface area contributed by atoms with Crippen LogP contribution in [0, 0.1) is 53.3 Å². The number of nitrogens with zero attached hydrogens (tertiary/aromatic N) is 4. The molecular formula is C49H50N8O6. The standard InChI is InChI=1S/C49H50N8O6/c58-41(27-32-19-20-32)54-43(34-12-3-1-4-13-34)48(60)56-25-9-18-40(56)46-51-29-38(53-46)23-24-42-62-30-33(31-63-42)11-7-8-16-37-28-50-45(52-37)39-17-10-26-57(39)49(61)44(35-14-5-2-6-15-35)55-47(59)36-21-22-36/h1-6,12-15,28-29,32-33,36,39-40,42-44H,9-10,17-22,25-27,30-31H2,(H,50,52)(H,51,53)(H,54,58)(H,55,59)/t33?,39-,40-,42?,43-,44-/m0/s1. The van der Waals surface area contributed by atoms with Gasteiger partial charge >= 0.3 is 0 Å². The minimum Gasteiger partial charge on any atom is -0.341 e. The Morgan fingerprint density at radius 3 is 1.79 bits per heavy atom.